The first-order valence-corrected chi connectivity index (χ1v) is 16.7. The molecule has 276 valence electrons. The van der Waals surface area contributed by atoms with Crippen molar-refractivity contribution < 1.29 is 67.0 Å². The minimum atomic E-state index is -2.28. The van der Waals surface area contributed by atoms with E-state index < -0.39 is 119 Å². The third-order valence-electron chi connectivity index (χ3n) is 9.84. The van der Waals surface area contributed by atoms with Gasteiger partial charge in [0.15, 0.2) is 17.8 Å². The van der Waals surface area contributed by atoms with Gasteiger partial charge in [0.25, 0.3) is 0 Å². The molecule has 1 aromatic rings. The second kappa shape index (κ2) is 13.9. The van der Waals surface area contributed by atoms with Gasteiger partial charge in [-0.05, 0) is 32.9 Å². The average Bonchev–Trinajstić information content (AvgIpc) is 3.20. The molecule has 3 aliphatic rings. The summed E-state index contributed by atoms with van der Waals surface area (Å²) in [6.07, 6.45) is -8.36. The van der Waals surface area contributed by atoms with E-state index in [4.69, 9.17) is 33.2 Å². The lowest BCUT2D eigenvalue weighted by Crippen LogP contribution is -2.85. The van der Waals surface area contributed by atoms with Crippen molar-refractivity contribution in [3.8, 4) is 0 Å². The molecular weight excluding hydrogens is 656 g/mol. The van der Waals surface area contributed by atoms with E-state index in [2.05, 4.69) is 0 Å². The lowest BCUT2D eigenvalue weighted by Gasteiger charge is -2.66. The van der Waals surface area contributed by atoms with Gasteiger partial charge in [0.1, 0.15) is 30.3 Å². The molecule has 2 saturated carbocycles. The van der Waals surface area contributed by atoms with Crippen LogP contribution >= 0.6 is 0 Å². The monoisotopic (exact) mass is 704 g/mol. The van der Waals surface area contributed by atoms with Gasteiger partial charge in [0, 0.05) is 27.2 Å². The maximum absolute atomic E-state index is 14.1. The van der Waals surface area contributed by atoms with Crippen molar-refractivity contribution in [3.05, 3.63) is 35.9 Å². The second-order valence-corrected chi connectivity index (χ2v) is 14.7. The minimum Gasteiger partial charge on any atom is -0.464 e. The topological polar surface area (TPSA) is 187 Å². The number of fused-ring (bicyclic) bond motifs is 1. The summed E-state index contributed by atoms with van der Waals surface area (Å²) in [7, 11) is 0. The normalized spacial score (nSPS) is 33.9. The zero-order valence-corrected chi connectivity index (χ0v) is 30.2. The van der Waals surface area contributed by atoms with Gasteiger partial charge < -0.3 is 38.3 Å². The molecule has 0 amide bonds. The summed E-state index contributed by atoms with van der Waals surface area (Å²) in [4.78, 5) is 79.5. The molecule has 4 rings (SSSR count). The van der Waals surface area contributed by atoms with Crippen LogP contribution < -0.4 is 0 Å². The summed E-state index contributed by atoms with van der Waals surface area (Å²) in [6.45, 7) is 13.5. The average molecular weight is 705 g/mol. The Balaban J connectivity index is 2.20. The number of esters is 6. The summed E-state index contributed by atoms with van der Waals surface area (Å²) in [5.74, 6) is -7.39. The molecule has 1 spiro atoms. The number of hydrogen-bond donors (Lipinski definition) is 1. The maximum atomic E-state index is 14.1. The molecule has 1 heterocycles. The highest BCUT2D eigenvalue weighted by Crippen LogP contribution is 2.69. The van der Waals surface area contributed by atoms with Gasteiger partial charge in [-0.1, -0.05) is 45.9 Å². The van der Waals surface area contributed by atoms with Gasteiger partial charge in [-0.15, -0.1) is 0 Å². The van der Waals surface area contributed by atoms with E-state index >= 15 is 0 Å². The molecule has 0 radical (unpaired) electrons. The van der Waals surface area contributed by atoms with Gasteiger partial charge in [-0.25, -0.2) is 4.79 Å². The van der Waals surface area contributed by atoms with Crippen LogP contribution in [0, 0.1) is 23.2 Å². The molecule has 0 unspecified atom stereocenters. The molecule has 1 aliphatic heterocycles. The van der Waals surface area contributed by atoms with Crippen molar-refractivity contribution in [3.63, 3.8) is 0 Å². The van der Waals surface area contributed by atoms with E-state index in [1.165, 1.54) is 19.1 Å². The molecule has 0 aromatic heterocycles. The number of carbonyl (C=O) groups excluding carboxylic acids is 6. The van der Waals surface area contributed by atoms with E-state index in [9.17, 15) is 33.9 Å². The predicted molar refractivity (Wildman–Crippen MR) is 172 cm³/mol. The third-order valence-corrected chi connectivity index (χ3v) is 9.84. The van der Waals surface area contributed by atoms with E-state index in [1.54, 1.807) is 59.7 Å². The molecule has 9 atom stereocenters. The van der Waals surface area contributed by atoms with Crippen LogP contribution in [0.3, 0.4) is 0 Å². The highest BCUT2D eigenvalue weighted by atomic mass is 16.7. The Bertz CT molecular complexity index is 1500. The summed E-state index contributed by atoms with van der Waals surface area (Å²) >= 11 is 0. The van der Waals surface area contributed by atoms with Gasteiger partial charge in [0.2, 0.25) is 0 Å². The molecule has 2 bridgehead atoms. The number of ether oxygens (including phenoxy) is 7. The van der Waals surface area contributed by atoms with E-state index in [-0.39, 0.29) is 5.56 Å². The van der Waals surface area contributed by atoms with Crippen LogP contribution in [-0.4, -0.2) is 94.9 Å². The number of aliphatic hydroxyl groups is 1. The Hall–Kier alpha value is -4.04. The van der Waals surface area contributed by atoms with Crippen molar-refractivity contribution >= 4 is 35.8 Å². The Morgan fingerprint density at radius 1 is 0.760 bits per heavy atom. The maximum Gasteiger partial charge on any atom is 0.338 e. The van der Waals surface area contributed by atoms with Crippen molar-refractivity contribution in [2.75, 3.05) is 6.61 Å². The molecule has 2 aliphatic carbocycles. The molecule has 1 aromatic carbocycles. The summed E-state index contributed by atoms with van der Waals surface area (Å²) in [5.41, 5.74) is -8.01. The van der Waals surface area contributed by atoms with Gasteiger partial charge in [0.05, 0.1) is 34.5 Å². The Labute approximate surface area is 291 Å². The molecule has 1 N–H and O–H groups in total. The fraction of sp³-hybridized carbons (Fsp3) is 0.667. The predicted octanol–water partition coefficient (Wildman–Crippen LogP) is 3.09. The van der Waals surface area contributed by atoms with Gasteiger partial charge >= 0.3 is 35.8 Å². The van der Waals surface area contributed by atoms with Crippen molar-refractivity contribution in [1.29, 1.82) is 0 Å². The summed E-state index contributed by atoms with van der Waals surface area (Å²) < 4.78 is 43.1. The highest BCUT2D eigenvalue weighted by Gasteiger charge is 2.89. The number of benzene rings is 1. The van der Waals surface area contributed by atoms with Crippen LogP contribution in [0.15, 0.2) is 30.3 Å². The zero-order chi connectivity index (χ0) is 37.6. The second-order valence-electron chi connectivity index (χ2n) is 14.7. The molecule has 3 fully saturated rings. The fourth-order valence-corrected chi connectivity index (χ4v) is 8.03. The first-order valence-electron chi connectivity index (χ1n) is 16.7. The molecule has 14 heteroatoms. The summed E-state index contributed by atoms with van der Waals surface area (Å²) in [6, 6.07) is 7.87. The van der Waals surface area contributed by atoms with Crippen molar-refractivity contribution in [1.82, 2.24) is 0 Å². The van der Waals surface area contributed by atoms with Crippen molar-refractivity contribution in [2.45, 2.75) is 123 Å². The number of carbonyl (C=O) groups is 6. The quantitative estimate of drug-likeness (QED) is 0.276. The molecule has 1 saturated heterocycles. The number of rotatable bonds is 10. The van der Waals surface area contributed by atoms with E-state index in [0.29, 0.717) is 0 Å². The van der Waals surface area contributed by atoms with Crippen LogP contribution in [0.1, 0.15) is 86.0 Å². The Kier molecular flexibility index (Phi) is 10.8. The Morgan fingerprint density at radius 3 is 1.82 bits per heavy atom. The summed E-state index contributed by atoms with van der Waals surface area (Å²) in [5, 5.41) is 12.7. The molecule has 50 heavy (non-hydrogen) atoms. The van der Waals surface area contributed by atoms with Crippen LogP contribution in [0.25, 0.3) is 0 Å². The smallest absolute Gasteiger partial charge is 0.338 e. The van der Waals surface area contributed by atoms with Crippen LogP contribution in [-0.2, 0) is 57.1 Å². The largest absolute Gasteiger partial charge is 0.464 e. The van der Waals surface area contributed by atoms with Crippen LogP contribution in [0.2, 0.25) is 0 Å². The van der Waals surface area contributed by atoms with Crippen LogP contribution in [0.5, 0.6) is 0 Å². The third kappa shape index (κ3) is 6.59. The highest BCUT2D eigenvalue weighted by molar-refractivity contribution is 5.89. The Morgan fingerprint density at radius 2 is 1.30 bits per heavy atom. The van der Waals surface area contributed by atoms with E-state index in [0.717, 1.165) is 20.8 Å². The lowest BCUT2D eigenvalue weighted by atomic mass is 9.45. The number of hydrogen-bond acceptors (Lipinski definition) is 14. The molecular formula is C36H48O14. The zero-order valence-electron chi connectivity index (χ0n) is 30.2. The first kappa shape index (κ1) is 38.8. The lowest BCUT2D eigenvalue weighted by molar-refractivity contribution is -0.363. The van der Waals surface area contributed by atoms with E-state index in [1.807, 2.05) is 0 Å². The van der Waals surface area contributed by atoms with Crippen LogP contribution in [0.4, 0.5) is 0 Å². The first-order chi connectivity index (χ1) is 23.1. The molecule has 14 nitrogen and oxygen atoms in total. The minimum absolute atomic E-state index is 0.0857. The standard InChI is InChI=1S/C36H48O14/c1-18(2)30(40)44-17-35-27(46-21(6)38)24(45-20(5)37)16-34(10,43)36(35)28(47-22(7)39)25(33(8,9)50-36)26(48-31(41)19(3)4)29(35)49-32(42)23-14-12-11-13-15-23/h11-15,18-19,24-29,43H,16-17H2,1-10H3/t24-,25+,26+,27-,28+,29+,34-,35-,36-/m0/s1. The van der Waals surface area contributed by atoms with Gasteiger partial charge in [-0.2, -0.15) is 0 Å². The SMILES string of the molecule is CC(=O)O[C@H]1C[C@](C)(O)[C@]23OC(C)(C)[C@H]([C@@H](OC(=O)C(C)C)[C@@H](OC(=O)c4ccccc4)[C@]2(COC(=O)C(C)C)[C@H]1OC(C)=O)[C@H]3OC(C)=O. The van der Waals surface area contributed by atoms with Gasteiger partial charge in [-0.3, -0.25) is 24.0 Å². The van der Waals surface area contributed by atoms with Crippen molar-refractivity contribution in [2.24, 2.45) is 23.2 Å². The fourth-order valence-electron chi connectivity index (χ4n) is 8.03.